The topological polar surface area (TPSA) is 26.3 Å². The van der Waals surface area contributed by atoms with Gasteiger partial charge in [-0.1, -0.05) is 6.92 Å². The predicted octanol–water partition coefficient (Wildman–Crippen LogP) is 1.74. The first-order valence-electron chi connectivity index (χ1n) is 3.87. The van der Waals surface area contributed by atoms with Crippen molar-refractivity contribution in [3.8, 4) is 0 Å². The molecule has 2 nitrogen and oxygen atoms in total. The molecular formula is C8H14O2. The summed E-state index contributed by atoms with van der Waals surface area (Å²) >= 11 is 0. The summed E-state index contributed by atoms with van der Waals surface area (Å²) in [6.45, 7) is 3.62. The minimum Gasteiger partial charge on any atom is -0.462 e. The zero-order chi connectivity index (χ0) is 7.56. The van der Waals surface area contributed by atoms with Crippen LogP contribution in [-0.4, -0.2) is 12.1 Å². The maximum Gasteiger partial charge on any atom is 0.302 e. The van der Waals surface area contributed by atoms with Crippen LogP contribution in [0.25, 0.3) is 0 Å². The summed E-state index contributed by atoms with van der Waals surface area (Å²) in [7, 11) is 0. The summed E-state index contributed by atoms with van der Waals surface area (Å²) in [5, 5.41) is 0. The largest absolute Gasteiger partial charge is 0.462 e. The molecule has 0 aromatic heterocycles. The van der Waals surface area contributed by atoms with Gasteiger partial charge in [0.2, 0.25) is 0 Å². The van der Waals surface area contributed by atoms with Crippen LogP contribution in [0.15, 0.2) is 0 Å². The van der Waals surface area contributed by atoms with E-state index in [1.165, 1.54) is 19.8 Å². The Kier molecular flexibility index (Phi) is 2.30. The number of rotatable bonds is 1. The van der Waals surface area contributed by atoms with Crippen LogP contribution in [0, 0.1) is 5.92 Å². The molecule has 0 N–H and O–H groups in total. The molecule has 0 amide bonds. The summed E-state index contributed by atoms with van der Waals surface area (Å²) in [5.74, 6) is 0.433. The van der Waals surface area contributed by atoms with Crippen molar-refractivity contribution in [3.05, 3.63) is 0 Å². The third-order valence-corrected chi connectivity index (χ3v) is 2.10. The monoisotopic (exact) mass is 142 g/mol. The van der Waals surface area contributed by atoms with Gasteiger partial charge in [0.25, 0.3) is 0 Å². The van der Waals surface area contributed by atoms with Gasteiger partial charge in [-0.05, 0) is 25.2 Å². The fourth-order valence-electron chi connectivity index (χ4n) is 1.50. The number of hydrogen-bond acceptors (Lipinski definition) is 2. The molecule has 1 aliphatic carbocycles. The number of ether oxygens (including phenoxy) is 1. The molecule has 1 rings (SSSR count). The summed E-state index contributed by atoms with van der Waals surface area (Å²) < 4.78 is 5.08. The Bertz CT molecular complexity index is 131. The van der Waals surface area contributed by atoms with E-state index in [1.807, 2.05) is 0 Å². The smallest absolute Gasteiger partial charge is 0.302 e. The van der Waals surface area contributed by atoms with E-state index in [-0.39, 0.29) is 12.1 Å². The lowest BCUT2D eigenvalue weighted by atomic mass is 10.1. The highest BCUT2D eigenvalue weighted by molar-refractivity contribution is 5.66. The molecule has 0 aromatic rings. The average Bonchev–Trinajstić information content (AvgIpc) is 2.15. The zero-order valence-electron chi connectivity index (χ0n) is 6.59. The van der Waals surface area contributed by atoms with E-state index in [1.54, 1.807) is 0 Å². The molecule has 1 aliphatic rings. The van der Waals surface area contributed by atoms with E-state index in [0.717, 1.165) is 6.42 Å². The predicted molar refractivity (Wildman–Crippen MR) is 38.6 cm³/mol. The lowest BCUT2D eigenvalue weighted by molar-refractivity contribution is -0.147. The molecule has 0 aliphatic heterocycles. The van der Waals surface area contributed by atoms with E-state index in [9.17, 15) is 4.79 Å². The summed E-state index contributed by atoms with van der Waals surface area (Å²) in [5.41, 5.74) is 0. The molecule has 0 radical (unpaired) electrons. The van der Waals surface area contributed by atoms with Crippen LogP contribution in [0.1, 0.15) is 33.1 Å². The van der Waals surface area contributed by atoms with E-state index >= 15 is 0 Å². The molecule has 2 atom stereocenters. The van der Waals surface area contributed by atoms with E-state index < -0.39 is 0 Å². The molecule has 1 saturated carbocycles. The molecule has 2 heteroatoms. The van der Waals surface area contributed by atoms with Gasteiger partial charge >= 0.3 is 5.97 Å². The normalized spacial score (nSPS) is 32.2. The molecule has 0 unspecified atom stereocenters. The van der Waals surface area contributed by atoms with E-state index in [4.69, 9.17) is 4.74 Å². The molecule has 0 saturated heterocycles. The summed E-state index contributed by atoms with van der Waals surface area (Å²) in [6, 6.07) is 0. The van der Waals surface area contributed by atoms with Gasteiger partial charge in [0.1, 0.15) is 6.10 Å². The van der Waals surface area contributed by atoms with Gasteiger partial charge in [0.15, 0.2) is 0 Å². The van der Waals surface area contributed by atoms with Crippen molar-refractivity contribution < 1.29 is 9.53 Å². The van der Waals surface area contributed by atoms with E-state index in [0.29, 0.717) is 5.92 Å². The standard InChI is InChI=1S/C8H14O2/c1-6-4-3-5-8(6)10-7(2)9/h6,8H,3-5H2,1-2H3/t6-,8+/m0/s1. The number of carbonyl (C=O) groups is 1. The van der Waals surface area contributed by atoms with Crippen molar-refractivity contribution in [3.63, 3.8) is 0 Å². The van der Waals surface area contributed by atoms with Crippen LogP contribution in [-0.2, 0) is 9.53 Å². The number of carbonyl (C=O) groups excluding carboxylic acids is 1. The summed E-state index contributed by atoms with van der Waals surface area (Å²) in [4.78, 5) is 10.5. The lowest BCUT2D eigenvalue weighted by Crippen LogP contribution is -2.18. The van der Waals surface area contributed by atoms with Crippen LogP contribution in [0.5, 0.6) is 0 Å². The Morgan fingerprint density at radius 2 is 2.20 bits per heavy atom. The Morgan fingerprint density at radius 1 is 1.50 bits per heavy atom. The van der Waals surface area contributed by atoms with Gasteiger partial charge in [-0.3, -0.25) is 4.79 Å². The molecular weight excluding hydrogens is 128 g/mol. The van der Waals surface area contributed by atoms with Crippen molar-refractivity contribution in [2.24, 2.45) is 5.92 Å². The van der Waals surface area contributed by atoms with Gasteiger partial charge < -0.3 is 4.74 Å². The van der Waals surface area contributed by atoms with Gasteiger partial charge in [0, 0.05) is 6.92 Å². The molecule has 0 aromatic carbocycles. The second kappa shape index (κ2) is 3.04. The highest BCUT2D eigenvalue weighted by Crippen LogP contribution is 2.27. The van der Waals surface area contributed by atoms with Gasteiger partial charge in [-0.25, -0.2) is 0 Å². The van der Waals surface area contributed by atoms with Gasteiger partial charge in [-0.2, -0.15) is 0 Å². The van der Waals surface area contributed by atoms with Crippen LogP contribution in [0.2, 0.25) is 0 Å². The minimum atomic E-state index is -0.140. The molecule has 10 heavy (non-hydrogen) atoms. The van der Waals surface area contributed by atoms with Crippen molar-refractivity contribution in [1.29, 1.82) is 0 Å². The SMILES string of the molecule is CC(=O)O[C@@H]1CCC[C@@H]1C. The first kappa shape index (κ1) is 7.58. The third-order valence-electron chi connectivity index (χ3n) is 2.10. The average molecular weight is 142 g/mol. The van der Waals surface area contributed by atoms with Gasteiger partial charge in [-0.15, -0.1) is 0 Å². The Hall–Kier alpha value is -0.530. The second-order valence-electron chi connectivity index (χ2n) is 3.06. The first-order chi connectivity index (χ1) is 4.70. The first-order valence-corrected chi connectivity index (χ1v) is 3.87. The fourth-order valence-corrected chi connectivity index (χ4v) is 1.50. The molecule has 1 fully saturated rings. The van der Waals surface area contributed by atoms with Crippen LogP contribution in [0.3, 0.4) is 0 Å². The Labute approximate surface area is 61.6 Å². The summed E-state index contributed by atoms with van der Waals surface area (Å²) in [6.07, 6.45) is 3.68. The lowest BCUT2D eigenvalue weighted by Gasteiger charge is -2.14. The number of hydrogen-bond donors (Lipinski definition) is 0. The number of esters is 1. The fraction of sp³-hybridized carbons (Fsp3) is 0.875. The van der Waals surface area contributed by atoms with Gasteiger partial charge in [0.05, 0.1) is 0 Å². The minimum absolute atomic E-state index is 0.140. The van der Waals surface area contributed by atoms with Crippen molar-refractivity contribution in [1.82, 2.24) is 0 Å². The maximum absolute atomic E-state index is 10.5. The van der Waals surface area contributed by atoms with Crippen LogP contribution in [0.4, 0.5) is 0 Å². The molecule has 0 bridgehead atoms. The maximum atomic E-state index is 10.5. The molecule has 0 spiro atoms. The molecule has 0 heterocycles. The third kappa shape index (κ3) is 1.72. The highest BCUT2D eigenvalue weighted by Gasteiger charge is 2.25. The van der Waals surface area contributed by atoms with Crippen molar-refractivity contribution in [2.45, 2.75) is 39.2 Å². The van der Waals surface area contributed by atoms with Crippen LogP contribution >= 0.6 is 0 Å². The van der Waals surface area contributed by atoms with Crippen LogP contribution < -0.4 is 0 Å². The zero-order valence-corrected chi connectivity index (χ0v) is 6.59. The highest BCUT2D eigenvalue weighted by atomic mass is 16.5. The van der Waals surface area contributed by atoms with E-state index in [2.05, 4.69) is 6.92 Å². The quantitative estimate of drug-likeness (QED) is 0.521. The second-order valence-corrected chi connectivity index (χ2v) is 3.06. The van der Waals surface area contributed by atoms with Crippen molar-refractivity contribution in [2.75, 3.05) is 0 Å². The van der Waals surface area contributed by atoms with Crippen molar-refractivity contribution >= 4 is 5.97 Å². The Balaban J connectivity index is 2.33. The Morgan fingerprint density at radius 3 is 2.60 bits per heavy atom. The molecule has 58 valence electrons.